The first-order valence-electron chi connectivity index (χ1n) is 4.00. The minimum atomic E-state index is 0. The molecule has 0 saturated carbocycles. The van der Waals surface area contributed by atoms with Crippen LogP contribution in [-0.2, 0) is 20.4 Å². The van der Waals surface area contributed by atoms with Crippen LogP contribution in [0.2, 0.25) is 0 Å². The standard InChI is InChI=1S/C10H15.3BrH.Ti/c1-7-6-10(4,5)9(3)8(7)2;;;;/h1-5H3;3*1H;. The first-order chi connectivity index (χ1) is 4.89. The first kappa shape index (κ1) is 21.0. The van der Waals surface area contributed by atoms with Crippen LogP contribution in [0, 0.1) is 5.41 Å². The van der Waals surface area contributed by atoms with Crippen LogP contribution in [0.3, 0.4) is 0 Å². The van der Waals surface area contributed by atoms with Crippen LogP contribution in [0.25, 0.3) is 0 Å². The molecule has 4 heteroatoms. The predicted octanol–water partition coefficient (Wildman–Crippen LogP) is 4.92. The molecule has 1 rings (SSSR count). The zero-order valence-electron chi connectivity index (χ0n) is 9.22. The summed E-state index contributed by atoms with van der Waals surface area (Å²) in [5.41, 5.74) is 4.83. The van der Waals surface area contributed by atoms with Crippen molar-refractivity contribution in [3.8, 4) is 0 Å². The molecule has 0 unspecified atom stereocenters. The maximum atomic E-state index is 2.30. The van der Waals surface area contributed by atoms with Crippen molar-refractivity contribution in [2.45, 2.75) is 34.6 Å². The van der Waals surface area contributed by atoms with Crippen molar-refractivity contribution in [1.82, 2.24) is 0 Å². The third-order valence-corrected chi connectivity index (χ3v) is 4.62. The van der Waals surface area contributed by atoms with Crippen LogP contribution >= 0.6 is 50.9 Å². The van der Waals surface area contributed by atoms with Crippen LogP contribution in [0.5, 0.6) is 0 Å². The zero-order valence-corrected chi connectivity index (χ0v) is 15.9. The topological polar surface area (TPSA) is 0 Å². The van der Waals surface area contributed by atoms with Gasteiger partial charge in [-0.15, -0.1) is 50.9 Å². The molecule has 1 aliphatic carbocycles. The molecule has 0 aromatic rings. The zero-order chi connectivity index (χ0) is 8.81. The van der Waals surface area contributed by atoms with Gasteiger partial charge in [-0.1, -0.05) is 0 Å². The summed E-state index contributed by atoms with van der Waals surface area (Å²) in [6.07, 6.45) is 0. The van der Waals surface area contributed by atoms with E-state index in [9.17, 15) is 0 Å². The fourth-order valence-corrected chi connectivity index (χ4v) is 2.18. The van der Waals surface area contributed by atoms with E-state index in [4.69, 9.17) is 0 Å². The molecule has 0 radical (unpaired) electrons. The van der Waals surface area contributed by atoms with Crippen molar-refractivity contribution in [3.63, 3.8) is 0 Å². The Morgan fingerprint density at radius 3 is 1.29 bits per heavy atom. The van der Waals surface area contributed by atoms with E-state index in [0.29, 0.717) is 5.41 Å². The molecule has 0 atom stereocenters. The molecule has 0 N–H and O–H groups in total. The molecule has 0 fully saturated rings. The van der Waals surface area contributed by atoms with E-state index in [1.807, 2.05) is 0 Å². The van der Waals surface area contributed by atoms with Crippen molar-refractivity contribution in [3.05, 3.63) is 20.6 Å². The van der Waals surface area contributed by atoms with Crippen molar-refractivity contribution >= 4 is 50.9 Å². The van der Waals surface area contributed by atoms with Gasteiger partial charge in [-0.3, -0.25) is 0 Å². The summed E-state index contributed by atoms with van der Waals surface area (Å²) in [4.78, 5) is 0. The second-order valence-corrected chi connectivity index (χ2v) is 4.66. The summed E-state index contributed by atoms with van der Waals surface area (Å²) < 4.78 is 1.53. The second-order valence-electron chi connectivity index (χ2n) is 3.88. The summed E-state index contributed by atoms with van der Waals surface area (Å²) in [6, 6.07) is 0. The van der Waals surface area contributed by atoms with E-state index in [0.717, 1.165) is 0 Å². The number of hydrogen-bond acceptors (Lipinski definition) is 0. The molecular formula is C10H18Br3Ti. The van der Waals surface area contributed by atoms with Gasteiger partial charge in [0, 0.05) is 0 Å². The Bertz CT molecular complexity index is 239. The molecule has 0 nitrogen and oxygen atoms in total. The molecule has 0 aliphatic heterocycles. The van der Waals surface area contributed by atoms with Crippen LogP contribution in [0.1, 0.15) is 34.6 Å². The van der Waals surface area contributed by atoms with Gasteiger partial charge < -0.3 is 0 Å². The molecule has 0 amide bonds. The van der Waals surface area contributed by atoms with E-state index < -0.39 is 0 Å². The van der Waals surface area contributed by atoms with Crippen molar-refractivity contribution in [2.24, 2.45) is 5.41 Å². The van der Waals surface area contributed by atoms with Gasteiger partial charge in [-0.2, -0.15) is 0 Å². The molecule has 1 aliphatic rings. The fourth-order valence-electron chi connectivity index (χ4n) is 1.59. The number of hydrogen-bond donors (Lipinski definition) is 0. The molecule has 0 aromatic heterocycles. The van der Waals surface area contributed by atoms with Crippen molar-refractivity contribution in [2.75, 3.05) is 0 Å². The summed E-state index contributed by atoms with van der Waals surface area (Å²) >= 11 is 2.25. The maximum absolute atomic E-state index is 2.30. The Morgan fingerprint density at radius 1 is 0.857 bits per heavy atom. The number of rotatable bonds is 0. The summed E-state index contributed by atoms with van der Waals surface area (Å²) in [6.45, 7) is 11.3. The normalized spacial score (nSPS) is 18.3. The molecule has 83 valence electrons. The molecule has 14 heavy (non-hydrogen) atoms. The summed E-state index contributed by atoms with van der Waals surface area (Å²) in [5, 5.41) is 0. The molecule has 0 aromatic carbocycles. The van der Waals surface area contributed by atoms with Gasteiger partial charge >= 0.3 is 81.1 Å². The molecule has 0 spiro atoms. The second kappa shape index (κ2) is 7.06. The minimum absolute atomic E-state index is 0. The third kappa shape index (κ3) is 3.31. The fraction of sp³-hybridized carbons (Fsp3) is 0.600. The van der Waals surface area contributed by atoms with E-state index in [1.165, 1.54) is 20.6 Å². The Morgan fingerprint density at radius 2 is 1.21 bits per heavy atom. The van der Waals surface area contributed by atoms with Crippen molar-refractivity contribution in [1.29, 1.82) is 0 Å². The Labute approximate surface area is 131 Å². The van der Waals surface area contributed by atoms with Crippen LogP contribution in [0.4, 0.5) is 0 Å². The van der Waals surface area contributed by atoms with Gasteiger partial charge in [0.1, 0.15) is 0 Å². The van der Waals surface area contributed by atoms with Gasteiger partial charge in [0.25, 0.3) is 0 Å². The number of halogens is 3. The van der Waals surface area contributed by atoms with E-state index in [1.54, 1.807) is 0 Å². The average molecular weight is 426 g/mol. The van der Waals surface area contributed by atoms with Crippen LogP contribution < -0.4 is 0 Å². The van der Waals surface area contributed by atoms with E-state index in [-0.39, 0.29) is 50.9 Å². The SMILES string of the molecule is Br.Br.Br.CC1=C(C)C(C)(C)[C]([Ti])=C1C. The molecular weight excluding hydrogens is 408 g/mol. The first-order valence-corrected chi connectivity index (χ1v) is 4.78. The Kier molecular flexibility index (Phi) is 10.6. The Hall–Kier alpha value is 1.63. The summed E-state index contributed by atoms with van der Waals surface area (Å²) in [5.74, 6) is 0. The van der Waals surface area contributed by atoms with E-state index >= 15 is 0 Å². The molecule has 0 heterocycles. The van der Waals surface area contributed by atoms with Gasteiger partial charge in [0.05, 0.1) is 0 Å². The van der Waals surface area contributed by atoms with Crippen LogP contribution in [-0.4, -0.2) is 0 Å². The predicted molar refractivity (Wildman–Crippen MR) is 75.8 cm³/mol. The number of allylic oxidation sites excluding steroid dienone is 4. The quantitative estimate of drug-likeness (QED) is 0.483. The van der Waals surface area contributed by atoms with Crippen LogP contribution in [0.15, 0.2) is 20.6 Å². The van der Waals surface area contributed by atoms with Gasteiger partial charge in [0.2, 0.25) is 0 Å². The molecule has 0 saturated heterocycles. The van der Waals surface area contributed by atoms with Gasteiger partial charge in [-0.25, -0.2) is 0 Å². The monoisotopic (exact) mass is 423 g/mol. The van der Waals surface area contributed by atoms with Crippen molar-refractivity contribution < 1.29 is 20.4 Å². The third-order valence-electron chi connectivity index (χ3n) is 3.06. The average Bonchev–Trinajstić information content (AvgIpc) is 2.06. The van der Waals surface area contributed by atoms with Gasteiger partial charge in [-0.05, 0) is 0 Å². The Balaban J connectivity index is -0.000000403. The van der Waals surface area contributed by atoms with Gasteiger partial charge in [0.15, 0.2) is 0 Å². The summed E-state index contributed by atoms with van der Waals surface area (Å²) in [7, 11) is 0. The van der Waals surface area contributed by atoms with E-state index in [2.05, 4.69) is 55.1 Å². The molecule has 0 bridgehead atoms.